The Hall–Kier alpha value is -0.830. The molecule has 0 amide bonds. The van der Waals surface area contributed by atoms with Gasteiger partial charge in [-0.1, -0.05) is 15.9 Å². The molecule has 3 heteroatoms. The summed E-state index contributed by atoms with van der Waals surface area (Å²) in [6.45, 7) is 1.05. The van der Waals surface area contributed by atoms with Crippen molar-refractivity contribution in [1.82, 2.24) is 0 Å². The second-order valence-electron chi connectivity index (χ2n) is 3.53. The summed E-state index contributed by atoms with van der Waals surface area (Å²) in [6.07, 6.45) is 3.24. The molecule has 0 radical (unpaired) electrons. The molecular formula is C12H16BrNO. The molecule has 1 aromatic rings. The van der Waals surface area contributed by atoms with Gasteiger partial charge >= 0.3 is 0 Å². The van der Waals surface area contributed by atoms with E-state index in [4.69, 9.17) is 0 Å². The van der Waals surface area contributed by atoms with E-state index < -0.39 is 0 Å². The van der Waals surface area contributed by atoms with Crippen molar-refractivity contribution in [2.45, 2.75) is 12.8 Å². The van der Waals surface area contributed by atoms with Crippen LogP contribution in [0.1, 0.15) is 23.2 Å². The fourth-order valence-electron chi connectivity index (χ4n) is 1.38. The highest BCUT2D eigenvalue weighted by molar-refractivity contribution is 9.09. The summed E-state index contributed by atoms with van der Waals surface area (Å²) in [7, 11) is 2.07. The molecule has 0 aliphatic carbocycles. The fraction of sp³-hybridized carbons (Fsp3) is 0.417. The van der Waals surface area contributed by atoms with Crippen LogP contribution in [0.4, 0.5) is 5.69 Å². The third-order valence-corrected chi connectivity index (χ3v) is 2.91. The van der Waals surface area contributed by atoms with Crippen LogP contribution in [0.5, 0.6) is 0 Å². The average Bonchev–Trinajstić information content (AvgIpc) is 2.29. The van der Waals surface area contributed by atoms with Crippen molar-refractivity contribution in [2.75, 3.05) is 23.8 Å². The molecule has 0 aliphatic heterocycles. The van der Waals surface area contributed by atoms with E-state index in [1.54, 1.807) is 0 Å². The smallest absolute Gasteiger partial charge is 0.150 e. The molecule has 82 valence electrons. The zero-order valence-electron chi connectivity index (χ0n) is 8.95. The number of anilines is 1. The first-order chi connectivity index (χ1) is 7.27. The Labute approximate surface area is 99.4 Å². The number of hydrogen-bond donors (Lipinski definition) is 0. The molecule has 0 saturated heterocycles. The molecule has 0 atom stereocenters. The molecule has 1 aromatic carbocycles. The van der Waals surface area contributed by atoms with Crippen LogP contribution in [0, 0.1) is 0 Å². The lowest BCUT2D eigenvalue weighted by molar-refractivity contribution is 0.112. The van der Waals surface area contributed by atoms with Gasteiger partial charge in [-0.2, -0.15) is 0 Å². The number of alkyl halides is 1. The summed E-state index contributed by atoms with van der Waals surface area (Å²) < 4.78 is 0. The van der Waals surface area contributed by atoms with Crippen LogP contribution in [-0.4, -0.2) is 25.2 Å². The van der Waals surface area contributed by atoms with Crippen LogP contribution >= 0.6 is 15.9 Å². The molecule has 0 saturated carbocycles. The zero-order valence-corrected chi connectivity index (χ0v) is 10.5. The number of halogens is 1. The Kier molecular flexibility index (Phi) is 5.40. The molecule has 1 rings (SSSR count). The van der Waals surface area contributed by atoms with E-state index >= 15 is 0 Å². The van der Waals surface area contributed by atoms with Gasteiger partial charge in [-0.15, -0.1) is 0 Å². The molecule has 0 fully saturated rings. The van der Waals surface area contributed by atoms with Gasteiger partial charge in [0.05, 0.1) is 0 Å². The van der Waals surface area contributed by atoms with Crippen LogP contribution in [0.3, 0.4) is 0 Å². The summed E-state index contributed by atoms with van der Waals surface area (Å²) in [4.78, 5) is 12.7. The molecule has 0 heterocycles. The SMILES string of the molecule is CN(CCCCBr)c1ccc(C=O)cc1. The maximum absolute atomic E-state index is 10.5. The third-order valence-electron chi connectivity index (χ3n) is 2.35. The monoisotopic (exact) mass is 269 g/mol. The van der Waals surface area contributed by atoms with E-state index in [0.29, 0.717) is 0 Å². The van der Waals surface area contributed by atoms with Gasteiger partial charge in [-0.3, -0.25) is 4.79 Å². The topological polar surface area (TPSA) is 20.3 Å². The second kappa shape index (κ2) is 6.62. The molecule has 0 aliphatic rings. The van der Waals surface area contributed by atoms with Gasteiger partial charge in [0.2, 0.25) is 0 Å². The molecule has 15 heavy (non-hydrogen) atoms. The van der Waals surface area contributed by atoms with Gasteiger partial charge in [0.15, 0.2) is 0 Å². The van der Waals surface area contributed by atoms with Gasteiger partial charge in [0.1, 0.15) is 6.29 Å². The summed E-state index contributed by atoms with van der Waals surface area (Å²) in [6, 6.07) is 7.67. The highest BCUT2D eigenvalue weighted by atomic mass is 79.9. The minimum atomic E-state index is 0.729. The number of carbonyl (C=O) groups excluding carboxylic acids is 1. The zero-order chi connectivity index (χ0) is 11.1. The standard InChI is InChI=1S/C12H16BrNO/c1-14(9-3-2-8-13)12-6-4-11(10-15)5-7-12/h4-7,10H,2-3,8-9H2,1H3. The summed E-state index contributed by atoms with van der Waals surface area (Å²) in [5.41, 5.74) is 1.89. The number of unbranched alkanes of at least 4 members (excludes halogenated alkanes) is 1. The highest BCUT2D eigenvalue weighted by Gasteiger charge is 1.99. The van der Waals surface area contributed by atoms with Crippen molar-refractivity contribution < 1.29 is 4.79 Å². The lowest BCUT2D eigenvalue weighted by atomic mass is 10.2. The minimum absolute atomic E-state index is 0.729. The van der Waals surface area contributed by atoms with Crippen LogP contribution < -0.4 is 4.90 Å². The maximum atomic E-state index is 10.5. The highest BCUT2D eigenvalue weighted by Crippen LogP contribution is 2.13. The van der Waals surface area contributed by atoms with Crippen LogP contribution in [0.2, 0.25) is 0 Å². The summed E-state index contributed by atoms with van der Waals surface area (Å²) in [5.74, 6) is 0. The van der Waals surface area contributed by atoms with Crippen molar-refractivity contribution in [3.8, 4) is 0 Å². The maximum Gasteiger partial charge on any atom is 0.150 e. The Morgan fingerprint density at radius 2 is 1.93 bits per heavy atom. The molecule has 0 bridgehead atoms. The molecule has 0 N–H and O–H groups in total. The second-order valence-corrected chi connectivity index (χ2v) is 4.32. The number of nitrogens with zero attached hydrogens (tertiary/aromatic N) is 1. The van der Waals surface area contributed by atoms with E-state index in [0.717, 1.165) is 29.4 Å². The molecular weight excluding hydrogens is 254 g/mol. The van der Waals surface area contributed by atoms with E-state index in [9.17, 15) is 4.79 Å². The molecule has 2 nitrogen and oxygen atoms in total. The van der Waals surface area contributed by atoms with E-state index in [1.165, 1.54) is 12.8 Å². The largest absolute Gasteiger partial charge is 0.375 e. The summed E-state index contributed by atoms with van der Waals surface area (Å²) in [5, 5.41) is 1.06. The molecule has 0 aromatic heterocycles. The number of hydrogen-bond acceptors (Lipinski definition) is 2. The van der Waals surface area contributed by atoms with Crippen LogP contribution in [-0.2, 0) is 0 Å². The normalized spacial score (nSPS) is 10.0. The van der Waals surface area contributed by atoms with E-state index in [2.05, 4.69) is 27.9 Å². The first kappa shape index (κ1) is 12.2. The average molecular weight is 270 g/mol. The number of benzene rings is 1. The van der Waals surface area contributed by atoms with Gasteiger partial charge in [-0.05, 0) is 37.1 Å². The Bertz CT molecular complexity index is 297. The quantitative estimate of drug-likeness (QED) is 0.449. The van der Waals surface area contributed by atoms with Gasteiger partial charge < -0.3 is 4.90 Å². The Morgan fingerprint density at radius 1 is 1.27 bits per heavy atom. The van der Waals surface area contributed by atoms with Gasteiger partial charge in [-0.25, -0.2) is 0 Å². The number of aldehydes is 1. The van der Waals surface area contributed by atoms with Gasteiger partial charge in [0.25, 0.3) is 0 Å². The van der Waals surface area contributed by atoms with E-state index in [-0.39, 0.29) is 0 Å². The predicted molar refractivity (Wildman–Crippen MR) is 68.1 cm³/mol. The summed E-state index contributed by atoms with van der Waals surface area (Å²) >= 11 is 3.42. The third kappa shape index (κ3) is 4.04. The molecule has 0 spiro atoms. The van der Waals surface area contributed by atoms with Crippen molar-refractivity contribution >= 4 is 27.9 Å². The van der Waals surface area contributed by atoms with E-state index in [1.807, 2.05) is 24.3 Å². The van der Waals surface area contributed by atoms with Crippen molar-refractivity contribution in [3.05, 3.63) is 29.8 Å². The van der Waals surface area contributed by atoms with Crippen molar-refractivity contribution in [2.24, 2.45) is 0 Å². The fourth-order valence-corrected chi connectivity index (χ4v) is 1.78. The van der Waals surface area contributed by atoms with Gasteiger partial charge in [0, 0.05) is 30.2 Å². The Balaban J connectivity index is 2.50. The lowest BCUT2D eigenvalue weighted by Gasteiger charge is -2.18. The molecule has 0 unspecified atom stereocenters. The Morgan fingerprint density at radius 3 is 2.47 bits per heavy atom. The first-order valence-corrected chi connectivity index (χ1v) is 6.22. The number of rotatable bonds is 6. The van der Waals surface area contributed by atoms with Crippen LogP contribution in [0.25, 0.3) is 0 Å². The van der Waals surface area contributed by atoms with Crippen LogP contribution in [0.15, 0.2) is 24.3 Å². The van der Waals surface area contributed by atoms with Crippen molar-refractivity contribution in [1.29, 1.82) is 0 Å². The minimum Gasteiger partial charge on any atom is -0.375 e. The lowest BCUT2D eigenvalue weighted by Crippen LogP contribution is -2.18. The first-order valence-electron chi connectivity index (χ1n) is 5.10. The number of carbonyl (C=O) groups is 1. The predicted octanol–water partition coefficient (Wildman–Crippen LogP) is 3.11. The van der Waals surface area contributed by atoms with Crippen molar-refractivity contribution in [3.63, 3.8) is 0 Å².